The first-order valence-corrected chi connectivity index (χ1v) is 6.42. The second kappa shape index (κ2) is 4.25. The minimum atomic E-state index is -0.399. The van der Waals surface area contributed by atoms with E-state index in [1.54, 1.807) is 0 Å². The van der Waals surface area contributed by atoms with Gasteiger partial charge >= 0.3 is 5.97 Å². The summed E-state index contributed by atoms with van der Waals surface area (Å²) in [4.78, 5) is 11.8. The molecule has 2 fully saturated rings. The van der Waals surface area contributed by atoms with E-state index < -0.39 is 5.60 Å². The fraction of sp³-hybridized carbons (Fsp3) is 0.923. The number of nitrogens with two attached hydrogens (primary N) is 1. The van der Waals surface area contributed by atoms with Gasteiger partial charge in [0, 0.05) is 12.6 Å². The summed E-state index contributed by atoms with van der Waals surface area (Å²) < 4.78 is 11.2. The first-order valence-electron chi connectivity index (χ1n) is 6.42. The van der Waals surface area contributed by atoms with E-state index in [2.05, 4.69) is 0 Å². The zero-order valence-corrected chi connectivity index (χ0v) is 11.0. The van der Waals surface area contributed by atoms with Gasteiger partial charge in [-0.2, -0.15) is 0 Å². The Kier molecular flexibility index (Phi) is 3.21. The summed E-state index contributed by atoms with van der Waals surface area (Å²) in [5.74, 6) is -0.0922. The molecule has 2 N–H and O–H groups in total. The molecule has 0 bridgehead atoms. The second-order valence-electron chi connectivity index (χ2n) is 6.42. The molecule has 17 heavy (non-hydrogen) atoms. The molecular formula is C13H23NO3. The van der Waals surface area contributed by atoms with E-state index in [4.69, 9.17) is 15.2 Å². The van der Waals surface area contributed by atoms with E-state index in [9.17, 15) is 4.79 Å². The fourth-order valence-electron chi connectivity index (χ4n) is 2.74. The Balaban J connectivity index is 1.83. The number of hydrogen-bond donors (Lipinski definition) is 1. The lowest BCUT2D eigenvalue weighted by molar-refractivity contribution is -0.192. The van der Waals surface area contributed by atoms with Crippen molar-refractivity contribution in [3.8, 4) is 0 Å². The molecule has 0 amide bonds. The monoisotopic (exact) mass is 241 g/mol. The standard InChI is InChI=1S/C13H23NO3/c1-12(2,3)17-11(15)9-6-13(7-9)8-10(14)4-5-16-13/h9-10H,4-8,14H2,1-3H3. The molecule has 2 rings (SSSR count). The van der Waals surface area contributed by atoms with Crippen LogP contribution in [-0.2, 0) is 14.3 Å². The third-order valence-corrected chi connectivity index (χ3v) is 3.51. The summed E-state index contributed by atoms with van der Waals surface area (Å²) in [7, 11) is 0. The van der Waals surface area contributed by atoms with Crippen molar-refractivity contribution in [2.75, 3.05) is 6.61 Å². The van der Waals surface area contributed by atoms with Gasteiger partial charge in [-0.05, 0) is 46.5 Å². The van der Waals surface area contributed by atoms with Crippen molar-refractivity contribution in [2.45, 2.75) is 63.7 Å². The summed E-state index contributed by atoms with van der Waals surface area (Å²) in [6.07, 6.45) is 3.36. The van der Waals surface area contributed by atoms with Crippen molar-refractivity contribution in [1.29, 1.82) is 0 Å². The van der Waals surface area contributed by atoms with E-state index in [0.29, 0.717) is 0 Å². The summed E-state index contributed by atoms with van der Waals surface area (Å²) >= 11 is 0. The molecule has 1 unspecified atom stereocenters. The number of rotatable bonds is 1. The minimum absolute atomic E-state index is 0.000440. The molecule has 1 spiro atoms. The van der Waals surface area contributed by atoms with E-state index in [1.165, 1.54) is 0 Å². The lowest BCUT2D eigenvalue weighted by Gasteiger charge is -2.50. The highest BCUT2D eigenvalue weighted by molar-refractivity contribution is 5.74. The van der Waals surface area contributed by atoms with Gasteiger partial charge in [-0.25, -0.2) is 0 Å². The number of carbonyl (C=O) groups is 1. The third kappa shape index (κ3) is 2.99. The highest BCUT2D eigenvalue weighted by atomic mass is 16.6. The summed E-state index contributed by atoms with van der Waals surface area (Å²) in [5, 5.41) is 0. The minimum Gasteiger partial charge on any atom is -0.460 e. The Morgan fingerprint density at radius 1 is 1.35 bits per heavy atom. The Hall–Kier alpha value is -0.610. The Bertz CT molecular complexity index is 302. The maximum Gasteiger partial charge on any atom is 0.309 e. The van der Waals surface area contributed by atoms with Crippen LogP contribution in [0, 0.1) is 5.92 Å². The van der Waals surface area contributed by atoms with Gasteiger partial charge in [0.25, 0.3) is 0 Å². The highest BCUT2D eigenvalue weighted by Crippen LogP contribution is 2.46. The zero-order valence-electron chi connectivity index (χ0n) is 11.0. The maximum atomic E-state index is 11.8. The molecule has 98 valence electrons. The Morgan fingerprint density at radius 2 is 2.00 bits per heavy atom. The van der Waals surface area contributed by atoms with Crippen molar-refractivity contribution in [1.82, 2.24) is 0 Å². The molecule has 1 heterocycles. The number of hydrogen-bond acceptors (Lipinski definition) is 4. The van der Waals surface area contributed by atoms with Crippen LogP contribution >= 0.6 is 0 Å². The predicted octanol–water partition coefficient (Wildman–Crippen LogP) is 1.61. The summed E-state index contributed by atoms with van der Waals surface area (Å²) in [6.45, 7) is 6.41. The lowest BCUT2D eigenvalue weighted by Crippen LogP contribution is -2.55. The van der Waals surface area contributed by atoms with Gasteiger partial charge in [0.2, 0.25) is 0 Å². The van der Waals surface area contributed by atoms with Crippen molar-refractivity contribution < 1.29 is 14.3 Å². The maximum absolute atomic E-state index is 11.8. The fourth-order valence-corrected chi connectivity index (χ4v) is 2.74. The van der Waals surface area contributed by atoms with Gasteiger partial charge in [0.05, 0.1) is 11.5 Å². The molecule has 1 aliphatic heterocycles. The van der Waals surface area contributed by atoms with Crippen molar-refractivity contribution >= 4 is 5.97 Å². The number of ether oxygens (including phenoxy) is 2. The van der Waals surface area contributed by atoms with Crippen LogP contribution in [0.25, 0.3) is 0 Å². The summed E-state index contributed by atoms with van der Waals surface area (Å²) in [5.41, 5.74) is 5.42. The smallest absolute Gasteiger partial charge is 0.309 e. The van der Waals surface area contributed by atoms with Gasteiger partial charge in [-0.3, -0.25) is 4.79 Å². The van der Waals surface area contributed by atoms with Crippen molar-refractivity contribution in [3.05, 3.63) is 0 Å². The van der Waals surface area contributed by atoms with Gasteiger partial charge < -0.3 is 15.2 Å². The third-order valence-electron chi connectivity index (χ3n) is 3.51. The first kappa shape index (κ1) is 12.8. The molecule has 1 saturated carbocycles. The topological polar surface area (TPSA) is 61.5 Å². The van der Waals surface area contributed by atoms with Crippen molar-refractivity contribution in [3.63, 3.8) is 0 Å². The van der Waals surface area contributed by atoms with Crippen LogP contribution in [0.3, 0.4) is 0 Å². The quantitative estimate of drug-likeness (QED) is 0.709. The van der Waals surface area contributed by atoms with E-state index >= 15 is 0 Å². The lowest BCUT2D eigenvalue weighted by atomic mass is 9.66. The molecular weight excluding hydrogens is 218 g/mol. The van der Waals surface area contributed by atoms with Crippen LogP contribution in [0.4, 0.5) is 0 Å². The first-order chi connectivity index (χ1) is 7.80. The number of esters is 1. The Labute approximate surface area is 103 Å². The Morgan fingerprint density at radius 3 is 2.53 bits per heavy atom. The molecule has 0 aromatic heterocycles. The van der Waals surface area contributed by atoms with E-state index in [0.717, 1.165) is 32.3 Å². The van der Waals surface area contributed by atoms with Crippen molar-refractivity contribution in [2.24, 2.45) is 11.7 Å². The van der Waals surface area contributed by atoms with Gasteiger partial charge in [0.1, 0.15) is 5.60 Å². The average Bonchev–Trinajstić information content (AvgIpc) is 2.10. The molecule has 1 aliphatic carbocycles. The van der Waals surface area contributed by atoms with Crippen LogP contribution in [-0.4, -0.2) is 29.8 Å². The molecule has 1 atom stereocenters. The van der Waals surface area contributed by atoms with Gasteiger partial charge in [-0.15, -0.1) is 0 Å². The largest absolute Gasteiger partial charge is 0.460 e. The van der Waals surface area contributed by atoms with E-state index in [-0.39, 0.29) is 23.5 Å². The van der Waals surface area contributed by atoms with Crippen LogP contribution in [0.15, 0.2) is 0 Å². The normalized spacial score (nSPS) is 37.6. The van der Waals surface area contributed by atoms with Crippen LogP contribution in [0.1, 0.15) is 46.5 Å². The number of carbonyl (C=O) groups excluding carboxylic acids is 1. The van der Waals surface area contributed by atoms with Crippen LogP contribution in [0.2, 0.25) is 0 Å². The SMILES string of the molecule is CC(C)(C)OC(=O)C1CC2(CC(N)CCO2)C1. The molecule has 1 saturated heterocycles. The van der Waals surface area contributed by atoms with Crippen LogP contribution < -0.4 is 5.73 Å². The van der Waals surface area contributed by atoms with Gasteiger partial charge in [0.15, 0.2) is 0 Å². The zero-order chi connectivity index (χ0) is 12.7. The average molecular weight is 241 g/mol. The van der Waals surface area contributed by atoms with E-state index in [1.807, 2.05) is 20.8 Å². The van der Waals surface area contributed by atoms with Crippen LogP contribution in [0.5, 0.6) is 0 Å². The van der Waals surface area contributed by atoms with Gasteiger partial charge in [-0.1, -0.05) is 0 Å². The predicted molar refractivity (Wildman–Crippen MR) is 64.5 cm³/mol. The molecule has 4 nitrogen and oxygen atoms in total. The highest BCUT2D eigenvalue weighted by Gasteiger charge is 2.51. The molecule has 0 aromatic carbocycles. The summed E-state index contributed by atoms with van der Waals surface area (Å²) in [6, 6.07) is 0.225. The molecule has 0 radical (unpaired) electrons. The molecule has 4 heteroatoms. The second-order valence-corrected chi connectivity index (χ2v) is 6.42. The molecule has 2 aliphatic rings. The molecule has 0 aromatic rings.